The van der Waals surface area contributed by atoms with E-state index in [0.717, 1.165) is 14.2 Å². The van der Waals surface area contributed by atoms with Crippen LogP contribution < -0.4 is 0 Å². The van der Waals surface area contributed by atoms with Crippen LogP contribution in [0.15, 0.2) is 16.9 Å². The smallest absolute Gasteiger partial charge is 0.430 e. The molecule has 0 aromatic rings. The van der Waals surface area contributed by atoms with Crippen LogP contribution in [0.3, 0.4) is 0 Å². The van der Waals surface area contributed by atoms with Crippen LogP contribution in [-0.2, 0) is 28.6 Å². The lowest BCUT2D eigenvalue weighted by molar-refractivity contribution is -0.148. The van der Waals surface area contributed by atoms with Crippen molar-refractivity contribution in [3.05, 3.63) is 16.9 Å². The Balaban J connectivity index is 6.18. The maximum Gasteiger partial charge on any atom is 0.430 e. The lowest BCUT2D eigenvalue weighted by Gasteiger charge is -2.07. The minimum absolute atomic E-state index is 0.700. The zero-order chi connectivity index (χ0) is 15.2. The van der Waals surface area contributed by atoms with E-state index in [1.165, 1.54) is 5.73 Å². The molecule has 0 fully saturated rings. The third-order valence-corrected chi connectivity index (χ3v) is 1.70. The Morgan fingerprint density at radius 1 is 0.842 bits per heavy atom. The van der Waals surface area contributed by atoms with Gasteiger partial charge in [0.25, 0.3) is 0 Å². The number of methoxy groups -OCH3 is 3. The van der Waals surface area contributed by atoms with Gasteiger partial charge in [-0.15, -0.1) is 0 Å². The van der Waals surface area contributed by atoms with Crippen molar-refractivity contribution in [1.82, 2.24) is 0 Å². The van der Waals surface area contributed by atoms with Crippen LogP contribution in [0.2, 0.25) is 0 Å². The van der Waals surface area contributed by atoms with Crippen molar-refractivity contribution in [2.24, 2.45) is 0 Å². The Bertz CT molecular complexity index is 438. The van der Waals surface area contributed by atoms with Gasteiger partial charge in [-0.2, -0.15) is 13.2 Å². The summed E-state index contributed by atoms with van der Waals surface area (Å²) in [6.45, 7) is 0. The second kappa shape index (κ2) is 6.60. The summed E-state index contributed by atoms with van der Waals surface area (Å²) >= 11 is 0. The summed E-state index contributed by atoms with van der Waals surface area (Å²) in [5.74, 6) is -4.67. The quantitative estimate of drug-likeness (QED) is 0.187. The molecule has 0 spiro atoms. The summed E-state index contributed by atoms with van der Waals surface area (Å²) in [7, 11) is 2.36. The first-order valence-electron chi connectivity index (χ1n) is 4.52. The third kappa shape index (κ3) is 4.47. The fourth-order valence-corrected chi connectivity index (χ4v) is 0.854. The molecule has 0 saturated heterocycles. The predicted molar refractivity (Wildman–Crippen MR) is 52.6 cm³/mol. The Kier molecular flexibility index (Phi) is 5.81. The number of carbonyl (C=O) groups excluding carboxylic acids is 3. The van der Waals surface area contributed by atoms with Crippen LogP contribution in [0.25, 0.3) is 0 Å². The number of hydrogen-bond acceptors (Lipinski definition) is 6. The molecule has 0 amide bonds. The number of carbonyl (C=O) groups is 3. The van der Waals surface area contributed by atoms with Gasteiger partial charge in [0.1, 0.15) is 0 Å². The summed E-state index contributed by atoms with van der Waals surface area (Å²) in [6, 6.07) is 0. The first-order valence-corrected chi connectivity index (χ1v) is 4.52. The standard InChI is InChI=1S/C10H9F3O6/c1-17-7(14)5(8(15)18-2)4-6(9(16)19-3)10(11,12)13/h1-3H3. The molecule has 19 heavy (non-hydrogen) atoms. The lowest BCUT2D eigenvalue weighted by Crippen LogP contribution is -2.22. The van der Waals surface area contributed by atoms with E-state index < -0.39 is 35.2 Å². The van der Waals surface area contributed by atoms with Gasteiger partial charge >= 0.3 is 24.1 Å². The monoisotopic (exact) mass is 282 g/mol. The lowest BCUT2D eigenvalue weighted by atomic mass is 10.2. The molecule has 106 valence electrons. The van der Waals surface area contributed by atoms with Gasteiger partial charge < -0.3 is 14.2 Å². The summed E-state index contributed by atoms with van der Waals surface area (Å²) < 4.78 is 49.7. The molecule has 0 bridgehead atoms. The van der Waals surface area contributed by atoms with Gasteiger partial charge in [-0.05, 0) is 0 Å². The average Bonchev–Trinajstić information content (AvgIpc) is 2.35. The fraction of sp³-hybridized carbons (Fsp3) is 0.400. The van der Waals surface area contributed by atoms with Crippen LogP contribution in [0, 0.1) is 0 Å². The first-order chi connectivity index (χ1) is 8.68. The third-order valence-electron chi connectivity index (χ3n) is 1.70. The molecule has 0 unspecified atom stereocenters. The largest absolute Gasteiger partial charge is 0.465 e. The first kappa shape index (κ1) is 16.7. The van der Waals surface area contributed by atoms with E-state index in [0.29, 0.717) is 7.11 Å². The Labute approximate surface area is 105 Å². The van der Waals surface area contributed by atoms with Crippen LogP contribution in [0.1, 0.15) is 0 Å². The summed E-state index contributed by atoms with van der Waals surface area (Å²) in [5.41, 5.74) is -1.83. The zero-order valence-electron chi connectivity index (χ0n) is 10.1. The van der Waals surface area contributed by atoms with Crippen molar-refractivity contribution in [3.63, 3.8) is 0 Å². The predicted octanol–water partition coefficient (Wildman–Crippen LogP) is 0.519. The van der Waals surface area contributed by atoms with Crippen LogP contribution >= 0.6 is 0 Å². The average molecular weight is 282 g/mol. The van der Waals surface area contributed by atoms with Crippen molar-refractivity contribution < 1.29 is 41.8 Å². The molecular weight excluding hydrogens is 273 g/mol. The highest BCUT2D eigenvalue weighted by Gasteiger charge is 2.40. The van der Waals surface area contributed by atoms with E-state index in [4.69, 9.17) is 0 Å². The van der Waals surface area contributed by atoms with E-state index in [9.17, 15) is 27.6 Å². The highest BCUT2D eigenvalue weighted by atomic mass is 19.4. The Hall–Kier alpha value is -2.28. The Morgan fingerprint density at radius 3 is 1.47 bits per heavy atom. The molecule has 0 aliphatic carbocycles. The van der Waals surface area contributed by atoms with Crippen LogP contribution in [-0.4, -0.2) is 45.4 Å². The van der Waals surface area contributed by atoms with Gasteiger partial charge in [0.15, 0.2) is 11.1 Å². The summed E-state index contributed by atoms with van der Waals surface area (Å²) in [4.78, 5) is 33.2. The maximum absolute atomic E-state index is 12.5. The molecule has 0 N–H and O–H groups in total. The minimum Gasteiger partial charge on any atom is -0.465 e. The number of rotatable bonds is 3. The minimum atomic E-state index is -5.17. The molecule has 9 heteroatoms. The number of alkyl halides is 3. The van der Waals surface area contributed by atoms with E-state index in [1.807, 2.05) is 0 Å². The van der Waals surface area contributed by atoms with Gasteiger partial charge in [0, 0.05) is 0 Å². The summed E-state index contributed by atoms with van der Waals surface area (Å²) in [6.07, 6.45) is -5.17. The van der Waals surface area contributed by atoms with Gasteiger partial charge in [-0.1, -0.05) is 5.73 Å². The number of ether oxygens (including phenoxy) is 3. The molecule has 0 aliphatic rings. The molecule has 0 atom stereocenters. The molecule has 0 aromatic heterocycles. The number of halogens is 3. The van der Waals surface area contributed by atoms with E-state index >= 15 is 0 Å². The SMILES string of the molecule is COC(=O)C(=C=C(C(=O)OC)C(F)(F)F)C(=O)OC. The zero-order valence-corrected chi connectivity index (χ0v) is 10.1. The molecule has 0 saturated carbocycles. The van der Waals surface area contributed by atoms with E-state index in [1.54, 1.807) is 0 Å². The van der Waals surface area contributed by atoms with E-state index in [2.05, 4.69) is 14.2 Å². The van der Waals surface area contributed by atoms with Crippen LogP contribution in [0.5, 0.6) is 0 Å². The topological polar surface area (TPSA) is 78.9 Å². The van der Waals surface area contributed by atoms with Crippen molar-refractivity contribution >= 4 is 17.9 Å². The molecule has 0 radical (unpaired) electrons. The second-order valence-corrected chi connectivity index (χ2v) is 2.85. The van der Waals surface area contributed by atoms with Crippen molar-refractivity contribution in [2.45, 2.75) is 6.18 Å². The number of esters is 3. The van der Waals surface area contributed by atoms with Crippen LogP contribution in [0.4, 0.5) is 13.2 Å². The van der Waals surface area contributed by atoms with Gasteiger partial charge in [0.05, 0.1) is 21.3 Å². The molecule has 0 rings (SSSR count). The molecule has 6 nitrogen and oxygen atoms in total. The fourth-order valence-electron chi connectivity index (χ4n) is 0.854. The van der Waals surface area contributed by atoms with Gasteiger partial charge in [0.2, 0.25) is 0 Å². The maximum atomic E-state index is 12.5. The molecule has 0 aliphatic heterocycles. The highest BCUT2D eigenvalue weighted by molar-refractivity contribution is 6.14. The van der Waals surface area contributed by atoms with Gasteiger partial charge in [-0.3, -0.25) is 0 Å². The molecule has 0 heterocycles. The van der Waals surface area contributed by atoms with E-state index in [-0.39, 0.29) is 0 Å². The Morgan fingerprint density at radius 2 is 1.21 bits per heavy atom. The van der Waals surface area contributed by atoms with Crippen molar-refractivity contribution in [1.29, 1.82) is 0 Å². The van der Waals surface area contributed by atoms with Gasteiger partial charge in [-0.25, -0.2) is 14.4 Å². The number of hydrogen-bond donors (Lipinski definition) is 0. The van der Waals surface area contributed by atoms with Crippen molar-refractivity contribution in [2.75, 3.05) is 21.3 Å². The normalized spacial score (nSPS) is 10.0. The molecular formula is C10H9F3O6. The molecule has 0 aromatic carbocycles. The van der Waals surface area contributed by atoms with Crippen molar-refractivity contribution in [3.8, 4) is 0 Å². The second-order valence-electron chi connectivity index (χ2n) is 2.85. The summed E-state index contributed by atoms with van der Waals surface area (Å²) in [5, 5.41) is 0. The highest BCUT2D eigenvalue weighted by Crippen LogP contribution is 2.26.